The maximum atomic E-state index is 10.7. The number of para-hydroxylation sites is 1. The van der Waals surface area contributed by atoms with Gasteiger partial charge in [-0.3, -0.25) is 0 Å². The lowest BCUT2D eigenvalue weighted by Gasteiger charge is -2.40. The molecular formula is C17H25NO3. The van der Waals surface area contributed by atoms with Gasteiger partial charge in [-0.05, 0) is 37.2 Å². The highest BCUT2D eigenvalue weighted by Crippen LogP contribution is 2.40. The van der Waals surface area contributed by atoms with E-state index in [4.69, 9.17) is 9.47 Å². The second-order valence-electron chi connectivity index (χ2n) is 7.14. The van der Waals surface area contributed by atoms with E-state index in [1.807, 2.05) is 18.2 Å². The molecule has 116 valence electrons. The predicted octanol–water partition coefficient (Wildman–Crippen LogP) is 2.84. The van der Waals surface area contributed by atoms with Crippen LogP contribution in [-0.4, -0.2) is 24.0 Å². The van der Waals surface area contributed by atoms with Gasteiger partial charge in [-0.1, -0.05) is 26.0 Å². The average molecular weight is 291 g/mol. The average Bonchev–Trinajstić information content (AvgIpc) is 2.92. The maximum Gasteiger partial charge on any atom is 0.231 e. The molecule has 21 heavy (non-hydrogen) atoms. The lowest BCUT2D eigenvalue weighted by atomic mass is 9.71. The van der Waals surface area contributed by atoms with Crippen LogP contribution in [0, 0.1) is 5.41 Å². The van der Waals surface area contributed by atoms with E-state index >= 15 is 0 Å². The molecular weight excluding hydrogens is 266 g/mol. The molecule has 0 bridgehead atoms. The molecule has 1 heterocycles. The molecule has 1 saturated carbocycles. The van der Waals surface area contributed by atoms with Crippen molar-refractivity contribution in [3.8, 4) is 11.5 Å². The zero-order valence-corrected chi connectivity index (χ0v) is 12.9. The summed E-state index contributed by atoms with van der Waals surface area (Å²) in [6, 6.07) is 5.93. The van der Waals surface area contributed by atoms with Crippen LogP contribution < -0.4 is 14.8 Å². The first kappa shape index (κ1) is 14.7. The molecule has 1 fully saturated rings. The van der Waals surface area contributed by atoms with Gasteiger partial charge in [0.1, 0.15) is 0 Å². The highest BCUT2D eigenvalue weighted by atomic mass is 16.7. The van der Waals surface area contributed by atoms with E-state index in [1.165, 1.54) is 0 Å². The van der Waals surface area contributed by atoms with Crippen molar-refractivity contribution < 1.29 is 14.6 Å². The predicted molar refractivity (Wildman–Crippen MR) is 81.5 cm³/mol. The Bertz CT molecular complexity index is 503. The van der Waals surface area contributed by atoms with Crippen LogP contribution in [0.5, 0.6) is 11.5 Å². The van der Waals surface area contributed by atoms with Crippen molar-refractivity contribution in [3.05, 3.63) is 23.8 Å². The smallest absolute Gasteiger partial charge is 0.231 e. The van der Waals surface area contributed by atoms with E-state index < -0.39 is 5.60 Å². The van der Waals surface area contributed by atoms with E-state index in [0.29, 0.717) is 25.3 Å². The number of ether oxygens (including phenoxy) is 2. The summed E-state index contributed by atoms with van der Waals surface area (Å²) in [5.41, 5.74) is 0.896. The Morgan fingerprint density at radius 1 is 1.14 bits per heavy atom. The van der Waals surface area contributed by atoms with E-state index in [0.717, 1.165) is 42.7 Å². The summed E-state index contributed by atoms with van der Waals surface area (Å²) in [4.78, 5) is 0. The lowest BCUT2D eigenvalue weighted by molar-refractivity contribution is -0.0245. The first-order chi connectivity index (χ1) is 9.98. The normalized spacial score (nSPS) is 22.2. The molecule has 1 aliphatic carbocycles. The first-order valence-electron chi connectivity index (χ1n) is 7.78. The largest absolute Gasteiger partial charge is 0.454 e. The van der Waals surface area contributed by atoms with Crippen molar-refractivity contribution in [3.63, 3.8) is 0 Å². The van der Waals surface area contributed by atoms with E-state index in [-0.39, 0.29) is 0 Å². The third-order valence-corrected chi connectivity index (χ3v) is 4.78. The Kier molecular flexibility index (Phi) is 3.84. The summed E-state index contributed by atoms with van der Waals surface area (Å²) >= 11 is 0. The van der Waals surface area contributed by atoms with Gasteiger partial charge >= 0.3 is 0 Å². The minimum atomic E-state index is -0.565. The monoisotopic (exact) mass is 291 g/mol. The Morgan fingerprint density at radius 3 is 2.67 bits per heavy atom. The lowest BCUT2D eigenvalue weighted by Crippen LogP contribution is -2.44. The summed E-state index contributed by atoms with van der Waals surface area (Å²) in [5.74, 6) is 1.65. The summed E-state index contributed by atoms with van der Waals surface area (Å²) in [5, 5.41) is 14.0. The van der Waals surface area contributed by atoms with Crippen LogP contribution in [0.25, 0.3) is 0 Å². The zero-order valence-electron chi connectivity index (χ0n) is 12.9. The molecule has 1 aliphatic heterocycles. The maximum absolute atomic E-state index is 10.7. The number of benzene rings is 1. The van der Waals surface area contributed by atoms with Crippen LogP contribution in [0.15, 0.2) is 18.2 Å². The van der Waals surface area contributed by atoms with Crippen molar-refractivity contribution in [2.75, 3.05) is 13.3 Å². The van der Waals surface area contributed by atoms with Crippen LogP contribution in [0.1, 0.15) is 45.1 Å². The Labute approximate surface area is 126 Å². The second-order valence-corrected chi connectivity index (χ2v) is 7.14. The third kappa shape index (κ3) is 3.33. The number of fused-ring (bicyclic) bond motifs is 1. The fraction of sp³-hybridized carbons (Fsp3) is 0.647. The third-order valence-electron chi connectivity index (χ3n) is 4.78. The fourth-order valence-corrected chi connectivity index (χ4v) is 3.13. The van der Waals surface area contributed by atoms with Gasteiger partial charge in [0.2, 0.25) is 6.79 Å². The molecule has 1 aromatic carbocycles. The number of hydrogen-bond donors (Lipinski definition) is 2. The van der Waals surface area contributed by atoms with Gasteiger partial charge < -0.3 is 19.9 Å². The fourth-order valence-electron chi connectivity index (χ4n) is 3.13. The van der Waals surface area contributed by atoms with Gasteiger partial charge in [0.25, 0.3) is 0 Å². The number of aliphatic hydroxyl groups is 1. The van der Waals surface area contributed by atoms with Crippen molar-refractivity contribution in [2.24, 2.45) is 5.41 Å². The van der Waals surface area contributed by atoms with Crippen LogP contribution in [0.4, 0.5) is 0 Å². The molecule has 0 atom stereocenters. The minimum absolute atomic E-state index is 0.297. The summed E-state index contributed by atoms with van der Waals surface area (Å²) < 4.78 is 10.9. The van der Waals surface area contributed by atoms with Crippen molar-refractivity contribution >= 4 is 0 Å². The van der Waals surface area contributed by atoms with Crippen molar-refractivity contribution in [2.45, 2.75) is 51.7 Å². The molecule has 0 radical (unpaired) electrons. The highest BCUT2D eigenvalue weighted by molar-refractivity contribution is 5.48. The van der Waals surface area contributed by atoms with Crippen LogP contribution >= 0.6 is 0 Å². The molecule has 2 N–H and O–H groups in total. The Balaban J connectivity index is 1.54. The van der Waals surface area contributed by atoms with Gasteiger partial charge in [-0.2, -0.15) is 0 Å². The minimum Gasteiger partial charge on any atom is -0.454 e. The van der Waals surface area contributed by atoms with Crippen molar-refractivity contribution in [1.82, 2.24) is 5.32 Å². The Morgan fingerprint density at radius 2 is 1.90 bits per heavy atom. The quantitative estimate of drug-likeness (QED) is 0.895. The molecule has 4 nitrogen and oxygen atoms in total. The molecule has 0 spiro atoms. The number of rotatable bonds is 4. The van der Waals surface area contributed by atoms with E-state index in [1.54, 1.807) is 0 Å². The molecule has 0 amide bonds. The molecule has 0 saturated heterocycles. The SMILES string of the molecule is CC1(C)CCC(O)(CNCc2cccc3c2OCO3)CC1. The molecule has 3 rings (SSSR count). The molecule has 4 heteroatoms. The van der Waals surface area contributed by atoms with Gasteiger partial charge in [-0.25, -0.2) is 0 Å². The Hall–Kier alpha value is -1.26. The number of nitrogens with one attached hydrogen (secondary N) is 1. The molecule has 0 unspecified atom stereocenters. The van der Waals surface area contributed by atoms with E-state index in [9.17, 15) is 5.11 Å². The van der Waals surface area contributed by atoms with E-state index in [2.05, 4.69) is 19.2 Å². The molecule has 2 aliphatic rings. The van der Waals surface area contributed by atoms with Crippen LogP contribution in [-0.2, 0) is 6.54 Å². The summed E-state index contributed by atoms with van der Waals surface area (Å²) in [6.45, 7) is 6.19. The van der Waals surface area contributed by atoms with Crippen LogP contribution in [0.2, 0.25) is 0 Å². The van der Waals surface area contributed by atoms with Crippen LogP contribution in [0.3, 0.4) is 0 Å². The van der Waals surface area contributed by atoms with Crippen molar-refractivity contribution in [1.29, 1.82) is 0 Å². The summed E-state index contributed by atoms with van der Waals surface area (Å²) in [7, 11) is 0. The van der Waals surface area contributed by atoms with Gasteiger partial charge in [0.15, 0.2) is 11.5 Å². The topological polar surface area (TPSA) is 50.7 Å². The molecule has 1 aromatic rings. The standard InChI is InChI=1S/C17H25NO3/c1-16(2)6-8-17(19,9-7-16)11-18-10-13-4-3-5-14-15(13)21-12-20-14/h3-5,18-19H,6-12H2,1-2H3. The highest BCUT2D eigenvalue weighted by Gasteiger charge is 2.36. The summed E-state index contributed by atoms with van der Waals surface area (Å²) in [6.07, 6.45) is 3.92. The van der Waals surface area contributed by atoms with Gasteiger partial charge in [0.05, 0.1) is 5.60 Å². The van der Waals surface area contributed by atoms with Gasteiger partial charge in [-0.15, -0.1) is 0 Å². The molecule has 0 aromatic heterocycles. The zero-order chi connectivity index (χ0) is 14.9. The first-order valence-corrected chi connectivity index (χ1v) is 7.78. The van der Waals surface area contributed by atoms with Gasteiger partial charge in [0, 0.05) is 18.7 Å². The second kappa shape index (κ2) is 5.50. The number of hydrogen-bond acceptors (Lipinski definition) is 4.